The Morgan fingerprint density at radius 3 is 3.00 bits per heavy atom. The Bertz CT molecular complexity index is 614. The molecule has 98 valence electrons. The lowest BCUT2D eigenvalue weighted by molar-refractivity contribution is -0.127. The van der Waals surface area contributed by atoms with Crippen molar-refractivity contribution < 1.29 is 14.0 Å². The molecule has 1 aromatic heterocycles. The quantitative estimate of drug-likeness (QED) is 0.840. The van der Waals surface area contributed by atoms with Crippen LogP contribution in [0.15, 0.2) is 34.7 Å². The molecule has 2 amide bonds. The molecule has 0 spiro atoms. The Kier molecular flexibility index (Phi) is 2.74. The molecule has 5 heteroatoms. The van der Waals surface area contributed by atoms with E-state index in [1.807, 2.05) is 24.3 Å². The van der Waals surface area contributed by atoms with Gasteiger partial charge in [-0.3, -0.25) is 9.59 Å². The number of piperazine rings is 1. The highest BCUT2D eigenvalue weighted by Crippen LogP contribution is 2.21. The van der Waals surface area contributed by atoms with E-state index in [-0.39, 0.29) is 17.6 Å². The lowest BCUT2D eigenvalue weighted by Crippen LogP contribution is -2.55. The van der Waals surface area contributed by atoms with E-state index < -0.39 is 6.04 Å². The second-order valence-electron chi connectivity index (χ2n) is 4.61. The molecule has 5 nitrogen and oxygen atoms in total. The molecular formula is C14H14N2O3. The lowest BCUT2D eigenvalue weighted by Gasteiger charge is -2.32. The number of para-hydroxylation sites is 1. The van der Waals surface area contributed by atoms with Crippen molar-refractivity contribution in [2.45, 2.75) is 13.0 Å². The first kappa shape index (κ1) is 11.8. The third-order valence-electron chi connectivity index (χ3n) is 3.40. The third kappa shape index (κ3) is 1.97. The van der Waals surface area contributed by atoms with E-state index in [4.69, 9.17) is 4.42 Å². The third-order valence-corrected chi connectivity index (χ3v) is 3.40. The van der Waals surface area contributed by atoms with Crippen LogP contribution in [0, 0.1) is 0 Å². The van der Waals surface area contributed by atoms with Crippen molar-refractivity contribution in [1.82, 2.24) is 10.2 Å². The number of hydrogen-bond acceptors (Lipinski definition) is 3. The minimum atomic E-state index is -0.463. The molecule has 1 atom stereocenters. The molecule has 1 aliphatic rings. The monoisotopic (exact) mass is 258 g/mol. The maximum atomic E-state index is 12.4. The van der Waals surface area contributed by atoms with Crippen molar-refractivity contribution >= 4 is 22.8 Å². The fraction of sp³-hybridized carbons (Fsp3) is 0.286. The number of nitrogens with zero attached hydrogens (tertiary/aromatic N) is 1. The van der Waals surface area contributed by atoms with E-state index in [0.717, 1.165) is 5.39 Å². The van der Waals surface area contributed by atoms with Gasteiger partial charge in [-0.1, -0.05) is 18.2 Å². The fourth-order valence-corrected chi connectivity index (χ4v) is 2.29. The standard InChI is InChI=1S/C14H14N2O3/c1-9-13(17)15-6-7-16(9)14(18)12-8-10-4-2-3-5-11(10)19-12/h2-5,8-9H,6-7H2,1H3,(H,15,17). The summed E-state index contributed by atoms with van der Waals surface area (Å²) in [6.45, 7) is 2.70. The number of rotatable bonds is 1. The van der Waals surface area contributed by atoms with Gasteiger partial charge in [-0.2, -0.15) is 0 Å². The first-order valence-corrected chi connectivity index (χ1v) is 6.24. The lowest BCUT2D eigenvalue weighted by atomic mass is 10.2. The number of amides is 2. The molecule has 1 fully saturated rings. The first-order valence-electron chi connectivity index (χ1n) is 6.24. The zero-order chi connectivity index (χ0) is 13.4. The van der Waals surface area contributed by atoms with Crippen molar-refractivity contribution in [3.63, 3.8) is 0 Å². The first-order chi connectivity index (χ1) is 9.16. The Labute approximate surface area is 110 Å². The zero-order valence-electron chi connectivity index (χ0n) is 10.6. The minimum absolute atomic E-state index is 0.129. The van der Waals surface area contributed by atoms with E-state index in [0.29, 0.717) is 18.7 Å². The van der Waals surface area contributed by atoms with Crippen molar-refractivity contribution in [2.75, 3.05) is 13.1 Å². The number of nitrogens with one attached hydrogen (secondary N) is 1. The highest BCUT2D eigenvalue weighted by Gasteiger charge is 2.31. The van der Waals surface area contributed by atoms with E-state index >= 15 is 0 Å². The van der Waals surface area contributed by atoms with Gasteiger partial charge in [0.15, 0.2) is 5.76 Å². The van der Waals surface area contributed by atoms with Crippen LogP contribution in [-0.4, -0.2) is 35.8 Å². The van der Waals surface area contributed by atoms with Crippen LogP contribution in [0.5, 0.6) is 0 Å². The summed E-state index contributed by atoms with van der Waals surface area (Å²) < 4.78 is 5.54. The number of furan rings is 1. The van der Waals surface area contributed by atoms with Gasteiger partial charge in [0.25, 0.3) is 5.91 Å². The van der Waals surface area contributed by atoms with Gasteiger partial charge in [-0.05, 0) is 19.1 Å². The highest BCUT2D eigenvalue weighted by atomic mass is 16.3. The van der Waals surface area contributed by atoms with Crippen molar-refractivity contribution in [3.05, 3.63) is 36.1 Å². The van der Waals surface area contributed by atoms with Gasteiger partial charge in [-0.25, -0.2) is 0 Å². The molecule has 1 N–H and O–H groups in total. The average Bonchev–Trinajstić information content (AvgIpc) is 2.85. The molecular weight excluding hydrogens is 244 g/mol. The molecule has 1 unspecified atom stereocenters. The SMILES string of the molecule is CC1C(=O)NCCN1C(=O)c1cc2ccccc2o1. The number of fused-ring (bicyclic) bond motifs is 1. The van der Waals surface area contributed by atoms with E-state index in [1.54, 1.807) is 13.0 Å². The zero-order valence-corrected chi connectivity index (χ0v) is 10.6. The molecule has 1 saturated heterocycles. The summed E-state index contributed by atoms with van der Waals surface area (Å²) in [5.74, 6) is -0.0861. The predicted molar refractivity (Wildman–Crippen MR) is 69.7 cm³/mol. The summed E-state index contributed by atoms with van der Waals surface area (Å²) in [6, 6.07) is 8.71. The predicted octanol–water partition coefficient (Wildman–Crippen LogP) is 1.39. The van der Waals surface area contributed by atoms with Crippen molar-refractivity contribution in [1.29, 1.82) is 0 Å². The van der Waals surface area contributed by atoms with Crippen LogP contribution in [0.25, 0.3) is 11.0 Å². The minimum Gasteiger partial charge on any atom is -0.451 e. The average molecular weight is 258 g/mol. The van der Waals surface area contributed by atoms with Crippen LogP contribution in [0.4, 0.5) is 0 Å². The van der Waals surface area contributed by atoms with E-state index in [9.17, 15) is 9.59 Å². The van der Waals surface area contributed by atoms with Crippen LogP contribution >= 0.6 is 0 Å². The Morgan fingerprint density at radius 2 is 2.21 bits per heavy atom. The van der Waals surface area contributed by atoms with Gasteiger partial charge >= 0.3 is 0 Å². The van der Waals surface area contributed by atoms with Gasteiger partial charge in [0.2, 0.25) is 5.91 Å². The largest absolute Gasteiger partial charge is 0.451 e. The van der Waals surface area contributed by atoms with Crippen molar-refractivity contribution in [2.24, 2.45) is 0 Å². The van der Waals surface area contributed by atoms with Crippen LogP contribution in [-0.2, 0) is 4.79 Å². The number of benzene rings is 1. The molecule has 2 aromatic rings. The Morgan fingerprint density at radius 1 is 1.42 bits per heavy atom. The smallest absolute Gasteiger partial charge is 0.290 e. The molecule has 1 aliphatic heterocycles. The molecule has 2 heterocycles. The summed E-state index contributed by atoms with van der Waals surface area (Å²) >= 11 is 0. The molecule has 0 aliphatic carbocycles. The van der Waals surface area contributed by atoms with Crippen LogP contribution in [0.3, 0.4) is 0 Å². The number of carbonyl (C=O) groups excluding carboxylic acids is 2. The molecule has 19 heavy (non-hydrogen) atoms. The summed E-state index contributed by atoms with van der Waals surface area (Å²) in [6.07, 6.45) is 0. The summed E-state index contributed by atoms with van der Waals surface area (Å²) in [5.41, 5.74) is 0.681. The van der Waals surface area contributed by atoms with Gasteiger partial charge in [0, 0.05) is 18.5 Å². The number of carbonyl (C=O) groups is 2. The fourth-order valence-electron chi connectivity index (χ4n) is 2.29. The summed E-state index contributed by atoms with van der Waals surface area (Å²) in [7, 11) is 0. The van der Waals surface area contributed by atoms with Gasteiger partial charge in [0.05, 0.1) is 0 Å². The van der Waals surface area contributed by atoms with Crippen LogP contribution < -0.4 is 5.32 Å². The normalized spacial score (nSPS) is 19.5. The Hall–Kier alpha value is -2.30. The maximum absolute atomic E-state index is 12.4. The van der Waals surface area contributed by atoms with Crippen LogP contribution in [0.1, 0.15) is 17.5 Å². The number of hydrogen-bond donors (Lipinski definition) is 1. The molecule has 0 bridgehead atoms. The maximum Gasteiger partial charge on any atom is 0.290 e. The molecule has 1 aromatic carbocycles. The van der Waals surface area contributed by atoms with Gasteiger partial charge in [-0.15, -0.1) is 0 Å². The summed E-state index contributed by atoms with van der Waals surface area (Å²) in [4.78, 5) is 25.5. The summed E-state index contributed by atoms with van der Waals surface area (Å²) in [5, 5.41) is 3.62. The van der Waals surface area contributed by atoms with Gasteiger partial charge in [0.1, 0.15) is 11.6 Å². The van der Waals surface area contributed by atoms with Crippen molar-refractivity contribution in [3.8, 4) is 0 Å². The van der Waals surface area contributed by atoms with E-state index in [1.165, 1.54) is 4.90 Å². The highest BCUT2D eigenvalue weighted by molar-refractivity contribution is 5.99. The molecule has 0 saturated carbocycles. The van der Waals surface area contributed by atoms with Gasteiger partial charge < -0.3 is 14.6 Å². The second kappa shape index (κ2) is 4.42. The topological polar surface area (TPSA) is 62.6 Å². The molecule has 3 rings (SSSR count). The Balaban J connectivity index is 1.92. The molecule has 0 radical (unpaired) electrons. The second-order valence-corrected chi connectivity index (χ2v) is 4.61. The van der Waals surface area contributed by atoms with E-state index in [2.05, 4.69) is 5.32 Å². The van der Waals surface area contributed by atoms with Crippen LogP contribution in [0.2, 0.25) is 0 Å².